The minimum atomic E-state index is 0.573. The van der Waals surface area contributed by atoms with Gasteiger partial charge in [-0.3, -0.25) is 0 Å². The van der Waals surface area contributed by atoms with Crippen LogP contribution in [0.5, 0.6) is 17.2 Å². The molecule has 0 radical (unpaired) electrons. The molecule has 0 N–H and O–H groups in total. The Labute approximate surface area is 110 Å². The molecule has 1 aromatic carbocycles. The van der Waals surface area contributed by atoms with Gasteiger partial charge in [0.1, 0.15) is 5.75 Å². The molecule has 1 aliphatic rings. The van der Waals surface area contributed by atoms with Gasteiger partial charge in [-0.25, -0.2) is 0 Å². The summed E-state index contributed by atoms with van der Waals surface area (Å²) in [6.45, 7) is 0. The van der Waals surface area contributed by atoms with Gasteiger partial charge in [0.15, 0.2) is 11.5 Å². The van der Waals surface area contributed by atoms with E-state index in [-0.39, 0.29) is 0 Å². The molecule has 2 rings (SSSR count). The van der Waals surface area contributed by atoms with Gasteiger partial charge in [-0.1, -0.05) is 15.9 Å². The molecule has 3 nitrogen and oxygen atoms in total. The molecular weight excluding hydrogens is 284 g/mol. The van der Waals surface area contributed by atoms with Crippen LogP contribution in [0.1, 0.15) is 17.9 Å². The van der Waals surface area contributed by atoms with E-state index in [1.807, 2.05) is 12.1 Å². The minimum Gasteiger partial charge on any atom is -0.496 e. The van der Waals surface area contributed by atoms with E-state index < -0.39 is 0 Å². The molecule has 1 aromatic rings. The van der Waals surface area contributed by atoms with Crippen LogP contribution in [0.15, 0.2) is 12.1 Å². The van der Waals surface area contributed by atoms with Crippen molar-refractivity contribution in [2.75, 3.05) is 26.7 Å². The summed E-state index contributed by atoms with van der Waals surface area (Å²) in [5.74, 6) is 3.65. The van der Waals surface area contributed by atoms with Gasteiger partial charge >= 0.3 is 0 Å². The van der Waals surface area contributed by atoms with Gasteiger partial charge in [-0.15, -0.1) is 0 Å². The minimum absolute atomic E-state index is 0.573. The average molecular weight is 301 g/mol. The van der Waals surface area contributed by atoms with E-state index in [0.29, 0.717) is 17.6 Å². The number of hydrogen-bond donors (Lipinski definition) is 0. The summed E-state index contributed by atoms with van der Waals surface area (Å²) in [5, 5.41) is 1.04. The van der Waals surface area contributed by atoms with Crippen molar-refractivity contribution in [2.24, 2.45) is 5.92 Å². The lowest BCUT2D eigenvalue weighted by Crippen LogP contribution is -1.97. The first-order valence-corrected chi connectivity index (χ1v) is 6.73. The topological polar surface area (TPSA) is 27.7 Å². The van der Waals surface area contributed by atoms with Crippen LogP contribution in [0.3, 0.4) is 0 Å². The van der Waals surface area contributed by atoms with Crippen molar-refractivity contribution in [3.05, 3.63) is 17.7 Å². The molecule has 0 amide bonds. The zero-order chi connectivity index (χ0) is 12.4. The molecule has 0 aromatic heterocycles. The molecule has 1 saturated carbocycles. The summed E-state index contributed by atoms with van der Waals surface area (Å²) in [6.07, 6.45) is 1.21. The van der Waals surface area contributed by atoms with Crippen molar-refractivity contribution in [2.45, 2.75) is 12.3 Å². The second-order valence-electron chi connectivity index (χ2n) is 4.21. The van der Waals surface area contributed by atoms with Crippen LogP contribution in [0, 0.1) is 5.92 Å². The maximum Gasteiger partial charge on any atom is 0.164 e. The molecule has 1 aliphatic carbocycles. The highest BCUT2D eigenvalue weighted by molar-refractivity contribution is 9.09. The monoisotopic (exact) mass is 300 g/mol. The van der Waals surface area contributed by atoms with Gasteiger partial charge in [0.05, 0.1) is 21.3 Å². The van der Waals surface area contributed by atoms with Crippen molar-refractivity contribution in [1.29, 1.82) is 0 Å². The highest BCUT2D eigenvalue weighted by Crippen LogP contribution is 2.53. The SMILES string of the molecule is COc1cc(OC)c(C2CC2CBr)cc1OC. The molecule has 0 spiro atoms. The lowest BCUT2D eigenvalue weighted by molar-refractivity contribution is 0.347. The van der Waals surface area contributed by atoms with Crippen molar-refractivity contribution in [3.63, 3.8) is 0 Å². The summed E-state index contributed by atoms with van der Waals surface area (Å²) >= 11 is 3.53. The van der Waals surface area contributed by atoms with Gasteiger partial charge in [0.2, 0.25) is 0 Å². The van der Waals surface area contributed by atoms with Crippen LogP contribution >= 0.6 is 15.9 Å². The van der Waals surface area contributed by atoms with Gasteiger partial charge in [-0.2, -0.15) is 0 Å². The first kappa shape index (κ1) is 12.6. The molecule has 4 heteroatoms. The van der Waals surface area contributed by atoms with E-state index in [2.05, 4.69) is 15.9 Å². The molecule has 17 heavy (non-hydrogen) atoms. The number of methoxy groups -OCH3 is 3. The second kappa shape index (κ2) is 5.17. The first-order valence-electron chi connectivity index (χ1n) is 5.61. The second-order valence-corrected chi connectivity index (χ2v) is 4.85. The lowest BCUT2D eigenvalue weighted by Gasteiger charge is -2.13. The molecule has 94 valence electrons. The van der Waals surface area contributed by atoms with Crippen LogP contribution in [0.4, 0.5) is 0 Å². The normalized spacial score (nSPS) is 22.1. The number of benzene rings is 1. The van der Waals surface area contributed by atoms with Gasteiger partial charge < -0.3 is 14.2 Å². The van der Waals surface area contributed by atoms with E-state index in [9.17, 15) is 0 Å². The Morgan fingerprint density at radius 3 is 2.12 bits per heavy atom. The Kier molecular flexibility index (Phi) is 3.82. The molecule has 0 heterocycles. The van der Waals surface area contributed by atoms with E-state index >= 15 is 0 Å². The van der Waals surface area contributed by atoms with Gasteiger partial charge in [-0.05, 0) is 24.3 Å². The van der Waals surface area contributed by atoms with Crippen LogP contribution in [0.25, 0.3) is 0 Å². The molecular formula is C13H17BrO3. The molecule has 0 aliphatic heterocycles. The summed E-state index contributed by atoms with van der Waals surface area (Å²) in [4.78, 5) is 0. The molecule has 2 atom stereocenters. The zero-order valence-electron chi connectivity index (χ0n) is 10.3. The van der Waals surface area contributed by atoms with Crippen molar-refractivity contribution in [3.8, 4) is 17.2 Å². The maximum absolute atomic E-state index is 5.43. The molecule has 2 unspecified atom stereocenters. The van der Waals surface area contributed by atoms with E-state index in [4.69, 9.17) is 14.2 Å². The summed E-state index contributed by atoms with van der Waals surface area (Å²) in [7, 11) is 4.98. The first-order chi connectivity index (χ1) is 8.24. The zero-order valence-corrected chi connectivity index (χ0v) is 11.9. The maximum atomic E-state index is 5.43. The summed E-state index contributed by atoms with van der Waals surface area (Å²) in [5.41, 5.74) is 1.22. The Morgan fingerprint density at radius 2 is 1.65 bits per heavy atom. The van der Waals surface area contributed by atoms with E-state index in [1.54, 1.807) is 21.3 Å². The number of halogens is 1. The van der Waals surface area contributed by atoms with Crippen molar-refractivity contribution >= 4 is 15.9 Å². The fraction of sp³-hybridized carbons (Fsp3) is 0.538. The largest absolute Gasteiger partial charge is 0.496 e. The molecule has 1 fully saturated rings. The lowest BCUT2D eigenvalue weighted by atomic mass is 10.1. The van der Waals surface area contributed by atoms with Crippen molar-refractivity contribution in [1.82, 2.24) is 0 Å². The third kappa shape index (κ3) is 2.37. The third-order valence-corrected chi connectivity index (χ3v) is 4.09. The predicted molar refractivity (Wildman–Crippen MR) is 70.7 cm³/mol. The number of alkyl halides is 1. The molecule has 0 saturated heterocycles. The smallest absolute Gasteiger partial charge is 0.164 e. The summed E-state index contributed by atoms with van der Waals surface area (Å²) in [6, 6.07) is 3.93. The predicted octanol–water partition coefficient (Wildman–Crippen LogP) is 3.21. The fourth-order valence-corrected chi connectivity index (χ4v) is 2.86. The van der Waals surface area contributed by atoms with Crippen LogP contribution in [-0.2, 0) is 0 Å². The van der Waals surface area contributed by atoms with Crippen LogP contribution < -0.4 is 14.2 Å². The Morgan fingerprint density at radius 1 is 1.06 bits per heavy atom. The highest BCUT2D eigenvalue weighted by Gasteiger charge is 2.39. The average Bonchev–Trinajstić information content (AvgIpc) is 3.16. The van der Waals surface area contributed by atoms with E-state index in [1.165, 1.54) is 12.0 Å². The summed E-state index contributed by atoms with van der Waals surface area (Å²) < 4.78 is 16.0. The fourth-order valence-electron chi connectivity index (χ4n) is 2.14. The number of ether oxygens (including phenoxy) is 3. The van der Waals surface area contributed by atoms with Crippen molar-refractivity contribution < 1.29 is 14.2 Å². The van der Waals surface area contributed by atoms with Crippen LogP contribution in [0.2, 0.25) is 0 Å². The quantitative estimate of drug-likeness (QED) is 0.782. The standard InChI is InChI=1S/C13H17BrO3/c1-15-11-6-13(17-3)12(16-2)5-10(11)9-4-8(9)7-14/h5-6,8-9H,4,7H2,1-3H3. The van der Waals surface area contributed by atoms with E-state index in [0.717, 1.165) is 16.8 Å². The number of hydrogen-bond acceptors (Lipinski definition) is 3. The highest BCUT2D eigenvalue weighted by atomic mass is 79.9. The van der Waals surface area contributed by atoms with Crippen LogP contribution in [-0.4, -0.2) is 26.7 Å². The Hall–Kier alpha value is -0.900. The Balaban J connectivity index is 2.37. The number of rotatable bonds is 5. The molecule has 0 bridgehead atoms. The van der Waals surface area contributed by atoms with Gasteiger partial charge in [0, 0.05) is 17.0 Å². The third-order valence-electron chi connectivity index (χ3n) is 3.26. The van der Waals surface area contributed by atoms with Gasteiger partial charge in [0.25, 0.3) is 0 Å². The Bertz CT molecular complexity index is 406.